The number of hydrogen-bond donors (Lipinski definition) is 1. The summed E-state index contributed by atoms with van der Waals surface area (Å²) in [5.41, 5.74) is 0. The predicted octanol–water partition coefficient (Wildman–Crippen LogP) is 0.779. The quantitative estimate of drug-likeness (QED) is 0.775. The maximum Gasteiger partial charge on any atom is 0.328 e. The van der Waals surface area contributed by atoms with Crippen LogP contribution < -0.4 is 5.32 Å². The Bertz CT molecular complexity index is 389. The first-order valence-electron chi connectivity index (χ1n) is 7.11. The highest BCUT2D eigenvalue weighted by Crippen LogP contribution is 2.18. The van der Waals surface area contributed by atoms with Crippen LogP contribution in [0, 0.1) is 11.8 Å². The van der Waals surface area contributed by atoms with E-state index in [4.69, 9.17) is 9.47 Å². The Morgan fingerprint density at radius 1 is 1.10 bits per heavy atom. The van der Waals surface area contributed by atoms with E-state index in [1.54, 1.807) is 4.90 Å². The standard InChI is InChI=1S/C14H24N2O5/c1-9(2)11(13(18)21-4)15-14(19)16-7-5-10(6-8-16)12(17)20-3/h9-11H,5-8H2,1-4H3,(H,15,19)/t11-/m1/s1. The van der Waals surface area contributed by atoms with Crippen molar-refractivity contribution in [3.05, 3.63) is 0 Å². The highest BCUT2D eigenvalue weighted by molar-refractivity contribution is 5.84. The monoisotopic (exact) mass is 300 g/mol. The molecule has 21 heavy (non-hydrogen) atoms. The largest absolute Gasteiger partial charge is 0.469 e. The van der Waals surface area contributed by atoms with E-state index in [1.165, 1.54) is 14.2 Å². The maximum atomic E-state index is 12.2. The molecule has 1 N–H and O–H groups in total. The fourth-order valence-corrected chi connectivity index (χ4v) is 2.33. The Hall–Kier alpha value is -1.79. The van der Waals surface area contributed by atoms with Crippen LogP contribution in [0.1, 0.15) is 26.7 Å². The normalized spacial score (nSPS) is 17.3. The van der Waals surface area contributed by atoms with E-state index in [9.17, 15) is 14.4 Å². The van der Waals surface area contributed by atoms with Gasteiger partial charge in [-0.05, 0) is 18.8 Å². The third-order valence-corrected chi connectivity index (χ3v) is 3.72. The molecule has 0 aromatic carbocycles. The minimum absolute atomic E-state index is 0.0611. The molecule has 7 nitrogen and oxygen atoms in total. The van der Waals surface area contributed by atoms with Gasteiger partial charge in [0.25, 0.3) is 0 Å². The molecule has 1 aliphatic heterocycles. The predicted molar refractivity (Wildman–Crippen MR) is 75.5 cm³/mol. The van der Waals surface area contributed by atoms with Crippen molar-refractivity contribution in [3.63, 3.8) is 0 Å². The fraction of sp³-hybridized carbons (Fsp3) is 0.786. The molecule has 2 amide bonds. The van der Waals surface area contributed by atoms with Crippen molar-refractivity contribution in [1.82, 2.24) is 10.2 Å². The van der Waals surface area contributed by atoms with Gasteiger partial charge >= 0.3 is 18.0 Å². The van der Waals surface area contributed by atoms with Gasteiger partial charge in [-0.3, -0.25) is 4.79 Å². The molecule has 0 spiro atoms. The first-order chi connectivity index (χ1) is 9.90. The van der Waals surface area contributed by atoms with E-state index in [2.05, 4.69) is 5.32 Å². The molecule has 1 fully saturated rings. The molecule has 7 heteroatoms. The van der Waals surface area contributed by atoms with Gasteiger partial charge in [-0.25, -0.2) is 9.59 Å². The zero-order chi connectivity index (χ0) is 16.0. The third kappa shape index (κ3) is 4.61. The molecule has 1 saturated heterocycles. The van der Waals surface area contributed by atoms with Gasteiger partial charge in [-0.1, -0.05) is 13.8 Å². The van der Waals surface area contributed by atoms with Gasteiger partial charge in [-0.2, -0.15) is 0 Å². The summed E-state index contributed by atoms with van der Waals surface area (Å²) in [5, 5.41) is 2.69. The fourth-order valence-electron chi connectivity index (χ4n) is 2.33. The first kappa shape index (κ1) is 17.3. The maximum absolute atomic E-state index is 12.2. The van der Waals surface area contributed by atoms with Crippen LogP contribution in [-0.2, 0) is 19.1 Å². The number of carbonyl (C=O) groups is 3. The number of hydrogen-bond acceptors (Lipinski definition) is 5. The molecule has 0 aromatic rings. The van der Waals surface area contributed by atoms with Crippen molar-refractivity contribution < 1.29 is 23.9 Å². The highest BCUT2D eigenvalue weighted by atomic mass is 16.5. The molecule has 0 aromatic heterocycles. The topological polar surface area (TPSA) is 84.9 Å². The van der Waals surface area contributed by atoms with Crippen molar-refractivity contribution in [1.29, 1.82) is 0 Å². The Morgan fingerprint density at radius 3 is 2.10 bits per heavy atom. The third-order valence-electron chi connectivity index (χ3n) is 3.72. The first-order valence-corrected chi connectivity index (χ1v) is 7.11. The Balaban J connectivity index is 2.53. The van der Waals surface area contributed by atoms with E-state index in [-0.39, 0.29) is 23.8 Å². The lowest BCUT2D eigenvalue weighted by Crippen LogP contribution is -2.52. The molecule has 0 aliphatic carbocycles. The number of rotatable bonds is 4. The van der Waals surface area contributed by atoms with Crippen LogP contribution in [0.2, 0.25) is 0 Å². The van der Waals surface area contributed by atoms with Gasteiger partial charge in [-0.15, -0.1) is 0 Å². The smallest absolute Gasteiger partial charge is 0.328 e. The van der Waals surface area contributed by atoms with Crippen LogP contribution >= 0.6 is 0 Å². The zero-order valence-corrected chi connectivity index (χ0v) is 13.0. The lowest BCUT2D eigenvalue weighted by Gasteiger charge is -2.32. The molecule has 0 saturated carbocycles. The van der Waals surface area contributed by atoms with Gasteiger partial charge in [0.1, 0.15) is 6.04 Å². The average Bonchev–Trinajstić information content (AvgIpc) is 2.50. The number of ether oxygens (including phenoxy) is 2. The lowest BCUT2D eigenvalue weighted by atomic mass is 9.97. The summed E-state index contributed by atoms with van der Waals surface area (Å²) in [7, 11) is 2.66. The number of nitrogens with one attached hydrogen (secondary N) is 1. The molecule has 120 valence electrons. The van der Waals surface area contributed by atoms with Crippen LogP contribution in [0.15, 0.2) is 0 Å². The van der Waals surface area contributed by atoms with Crippen molar-refractivity contribution in [2.24, 2.45) is 11.8 Å². The van der Waals surface area contributed by atoms with E-state index >= 15 is 0 Å². The summed E-state index contributed by atoms with van der Waals surface area (Å²) in [5.74, 6) is -0.901. The number of amides is 2. The summed E-state index contributed by atoms with van der Waals surface area (Å²) in [6, 6.07) is -0.969. The second kappa shape index (κ2) is 7.85. The van der Waals surface area contributed by atoms with E-state index in [1.807, 2.05) is 13.8 Å². The molecule has 0 unspecified atom stereocenters. The number of likely N-dealkylation sites (tertiary alicyclic amines) is 1. The average molecular weight is 300 g/mol. The Labute approximate surface area is 124 Å². The highest BCUT2D eigenvalue weighted by Gasteiger charge is 2.31. The summed E-state index contributed by atoms with van der Waals surface area (Å²) in [4.78, 5) is 36.9. The van der Waals surface area contributed by atoms with E-state index < -0.39 is 12.0 Å². The van der Waals surface area contributed by atoms with Crippen LogP contribution in [0.4, 0.5) is 4.79 Å². The zero-order valence-electron chi connectivity index (χ0n) is 13.0. The van der Waals surface area contributed by atoms with Crippen LogP contribution in [0.5, 0.6) is 0 Å². The van der Waals surface area contributed by atoms with Crippen molar-refractivity contribution in [2.75, 3.05) is 27.3 Å². The number of urea groups is 1. The summed E-state index contributed by atoms with van der Waals surface area (Å²) in [6.07, 6.45) is 1.15. The number of methoxy groups -OCH3 is 2. The Morgan fingerprint density at radius 2 is 1.67 bits per heavy atom. The molecule has 0 bridgehead atoms. The lowest BCUT2D eigenvalue weighted by molar-refractivity contribution is -0.146. The van der Waals surface area contributed by atoms with Crippen LogP contribution in [0.3, 0.4) is 0 Å². The number of carbonyl (C=O) groups excluding carboxylic acids is 3. The summed E-state index contributed by atoms with van der Waals surface area (Å²) >= 11 is 0. The molecule has 1 aliphatic rings. The summed E-state index contributed by atoms with van der Waals surface area (Å²) < 4.78 is 9.40. The van der Waals surface area contributed by atoms with Crippen molar-refractivity contribution in [2.45, 2.75) is 32.7 Å². The van der Waals surface area contributed by atoms with Crippen LogP contribution in [0.25, 0.3) is 0 Å². The van der Waals surface area contributed by atoms with Gasteiger partial charge in [0, 0.05) is 13.1 Å². The molecule has 1 heterocycles. The summed E-state index contributed by atoms with van der Waals surface area (Å²) in [6.45, 7) is 4.62. The molecular formula is C14H24N2O5. The molecule has 1 rings (SSSR count). The minimum Gasteiger partial charge on any atom is -0.469 e. The van der Waals surface area contributed by atoms with E-state index in [0.29, 0.717) is 25.9 Å². The van der Waals surface area contributed by atoms with Gasteiger partial charge in [0.2, 0.25) is 0 Å². The van der Waals surface area contributed by atoms with Gasteiger partial charge < -0.3 is 19.7 Å². The van der Waals surface area contributed by atoms with Gasteiger partial charge in [0.15, 0.2) is 0 Å². The Kier molecular flexibility index (Phi) is 6.45. The number of esters is 2. The van der Waals surface area contributed by atoms with Crippen LogP contribution in [-0.4, -0.2) is 56.2 Å². The van der Waals surface area contributed by atoms with Crippen molar-refractivity contribution >= 4 is 18.0 Å². The minimum atomic E-state index is -0.666. The number of piperidine rings is 1. The van der Waals surface area contributed by atoms with Gasteiger partial charge in [0.05, 0.1) is 20.1 Å². The second-order valence-electron chi connectivity index (χ2n) is 5.48. The van der Waals surface area contributed by atoms with Crippen molar-refractivity contribution in [3.8, 4) is 0 Å². The second-order valence-corrected chi connectivity index (χ2v) is 5.48. The molecule has 0 radical (unpaired) electrons. The molecular weight excluding hydrogens is 276 g/mol. The van der Waals surface area contributed by atoms with E-state index in [0.717, 1.165) is 0 Å². The SMILES string of the molecule is COC(=O)C1CCN(C(=O)N[C@@H](C(=O)OC)C(C)C)CC1. The number of nitrogens with zero attached hydrogens (tertiary/aromatic N) is 1. The molecule has 1 atom stereocenters.